The Balaban J connectivity index is 1.96. The number of hydrogen-bond acceptors (Lipinski definition) is 4. The minimum Gasteiger partial charge on any atom is -0.397 e. The second-order valence-corrected chi connectivity index (χ2v) is 5.20. The van der Waals surface area contributed by atoms with Crippen LogP contribution in [-0.4, -0.2) is 10.7 Å². The highest BCUT2D eigenvalue weighted by molar-refractivity contribution is 7.99. The van der Waals surface area contributed by atoms with E-state index < -0.39 is 0 Å². The van der Waals surface area contributed by atoms with Crippen LogP contribution in [0.3, 0.4) is 0 Å². The van der Waals surface area contributed by atoms with Crippen molar-refractivity contribution in [3.63, 3.8) is 0 Å². The number of thioether (sulfide) groups is 1. The summed E-state index contributed by atoms with van der Waals surface area (Å²) in [5.41, 5.74) is 7.00. The van der Waals surface area contributed by atoms with E-state index in [1.165, 1.54) is 25.7 Å². The van der Waals surface area contributed by atoms with Gasteiger partial charge in [-0.2, -0.15) is 5.26 Å². The Morgan fingerprint density at radius 1 is 1.50 bits per heavy atom. The summed E-state index contributed by atoms with van der Waals surface area (Å²) >= 11 is 1.72. The van der Waals surface area contributed by atoms with Crippen LogP contribution in [0.5, 0.6) is 0 Å². The summed E-state index contributed by atoms with van der Waals surface area (Å²) in [4.78, 5) is 4.23. The van der Waals surface area contributed by atoms with E-state index in [0.717, 1.165) is 16.7 Å². The molecule has 0 atom stereocenters. The van der Waals surface area contributed by atoms with Gasteiger partial charge in [-0.05, 0) is 24.8 Å². The zero-order chi connectivity index (χ0) is 11.4. The summed E-state index contributed by atoms with van der Waals surface area (Å²) in [7, 11) is 0. The maximum atomic E-state index is 8.70. The number of anilines is 1. The molecule has 84 valence electrons. The second-order valence-electron chi connectivity index (χ2n) is 4.19. The van der Waals surface area contributed by atoms with Crippen LogP contribution in [0.4, 0.5) is 5.69 Å². The molecule has 0 spiro atoms. The third-order valence-electron chi connectivity index (χ3n) is 2.94. The van der Waals surface area contributed by atoms with Gasteiger partial charge >= 0.3 is 0 Å². The van der Waals surface area contributed by atoms with E-state index >= 15 is 0 Å². The van der Waals surface area contributed by atoms with Crippen molar-refractivity contribution in [2.45, 2.75) is 30.7 Å². The molecule has 0 bridgehead atoms. The summed E-state index contributed by atoms with van der Waals surface area (Å²) in [6, 6.07) is 3.74. The Bertz CT molecular complexity index is 405. The lowest BCUT2D eigenvalue weighted by Gasteiger charge is -2.09. The predicted molar refractivity (Wildman–Crippen MR) is 66.0 cm³/mol. The second kappa shape index (κ2) is 5.22. The van der Waals surface area contributed by atoms with Gasteiger partial charge in [-0.25, -0.2) is 4.98 Å². The molecule has 1 aromatic rings. The zero-order valence-electron chi connectivity index (χ0n) is 9.15. The number of aromatic nitrogens is 1. The van der Waals surface area contributed by atoms with E-state index in [1.807, 2.05) is 6.07 Å². The van der Waals surface area contributed by atoms with Gasteiger partial charge in [-0.1, -0.05) is 12.8 Å². The molecule has 1 fully saturated rings. The van der Waals surface area contributed by atoms with Gasteiger partial charge in [0.1, 0.15) is 11.1 Å². The Kier molecular flexibility index (Phi) is 3.68. The van der Waals surface area contributed by atoms with Crippen molar-refractivity contribution in [1.29, 1.82) is 5.26 Å². The molecule has 1 aliphatic carbocycles. The molecular weight excluding hydrogens is 218 g/mol. The van der Waals surface area contributed by atoms with Gasteiger partial charge in [0.05, 0.1) is 11.3 Å². The fourth-order valence-corrected chi connectivity index (χ4v) is 3.10. The van der Waals surface area contributed by atoms with Crippen molar-refractivity contribution in [3.05, 3.63) is 17.8 Å². The number of nitriles is 1. The predicted octanol–water partition coefficient (Wildman–Crippen LogP) is 2.82. The molecular formula is C12H15N3S. The zero-order valence-corrected chi connectivity index (χ0v) is 9.96. The first-order chi connectivity index (χ1) is 7.79. The molecule has 1 heterocycles. The van der Waals surface area contributed by atoms with Crippen LogP contribution in [0.15, 0.2) is 17.3 Å². The summed E-state index contributed by atoms with van der Waals surface area (Å²) in [6.07, 6.45) is 6.99. The molecule has 0 amide bonds. The van der Waals surface area contributed by atoms with Crippen LogP contribution < -0.4 is 5.73 Å². The van der Waals surface area contributed by atoms with Crippen LogP contribution >= 0.6 is 11.8 Å². The van der Waals surface area contributed by atoms with Gasteiger partial charge in [0, 0.05) is 11.9 Å². The molecule has 2 N–H and O–H groups in total. The van der Waals surface area contributed by atoms with Gasteiger partial charge < -0.3 is 5.73 Å². The minimum absolute atomic E-state index is 0.530. The maximum absolute atomic E-state index is 8.70. The van der Waals surface area contributed by atoms with E-state index in [0.29, 0.717) is 11.3 Å². The fraction of sp³-hybridized carbons (Fsp3) is 0.500. The molecule has 2 rings (SSSR count). The molecule has 4 heteroatoms. The first-order valence-electron chi connectivity index (χ1n) is 5.58. The Morgan fingerprint density at radius 3 is 2.88 bits per heavy atom. The van der Waals surface area contributed by atoms with Gasteiger partial charge in [-0.3, -0.25) is 0 Å². The van der Waals surface area contributed by atoms with Crippen molar-refractivity contribution < 1.29 is 0 Å². The fourth-order valence-electron chi connectivity index (χ4n) is 2.02. The minimum atomic E-state index is 0.530. The smallest absolute Gasteiger partial charge is 0.119 e. The average Bonchev–Trinajstić information content (AvgIpc) is 2.80. The molecule has 1 saturated carbocycles. The first kappa shape index (κ1) is 11.3. The van der Waals surface area contributed by atoms with Crippen molar-refractivity contribution in [2.24, 2.45) is 5.92 Å². The van der Waals surface area contributed by atoms with Gasteiger partial charge in [0.2, 0.25) is 0 Å². The third-order valence-corrected chi connectivity index (χ3v) is 4.19. The maximum Gasteiger partial charge on any atom is 0.119 e. The standard InChI is InChI=1S/C12H15N3S/c13-6-10-5-11(14)12(15-7-10)16-8-9-3-1-2-4-9/h5,7,9H,1-4,8,14H2. The van der Waals surface area contributed by atoms with Crippen LogP contribution in [0.1, 0.15) is 31.2 Å². The highest BCUT2D eigenvalue weighted by atomic mass is 32.2. The molecule has 0 unspecified atom stereocenters. The van der Waals surface area contributed by atoms with E-state index in [1.54, 1.807) is 24.0 Å². The molecule has 0 radical (unpaired) electrons. The lowest BCUT2D eigenvalue weighted by molar-refractivity contribution is 0.623. The topological polar surface area (TPSA) is 62.7 Å². The molecule has 3 nitrogen and oxygen atoms in total. The highest BCUT2D eigenvalue weighted by Crippen LogP contribution is 2.32. The lowest BCUT2D eigenvalue weighted by atomic mass is 10.1. The summed E-state index contributed by atoms with van der Waals surface area (Å²) in [5, 5.41) is 9.57. The van der Waals surface area contributed by atoms with E-state index in [9.17, 15) is 0 Å². The van der Waals surface area contributed by atoms with Gasteiger partial charge in [0.25, 0.3) is 0 Å². The van der Waals surface area contributed by atoms with E-state index in [4.69, 9.17) is 11.0 Å². The van der Waals surface area contributed by atoms with E-state index in [-0.39, 0.29) is 0 Å². The third kappa shape index (κ3) is 2.67. The van der Waals surface area contributed by atoms with Crippen LogP contribution in [0, 0.1) is 17.2 Å². The first-order valence-corrected chi connectivity index (χ1v) is 6.56. The molecule has 0 aliphatic heterocycles. The van der Waals surface area contributed by atoms with Crippen LogP contribution in [0.2, 0.25) is 0 Å². The molecule has 0 saturated heterocycles. The Hall–Kier alpha value is -1.21. The Labute approximate surface area is 100 Å². The van der Waals surface area contributed by atoms with Crippen molar-refractivity contribution >= 4 is 17.4 Å². The molecule has 16 heavy (non-hydrogen) atoms. The van der Waals surface area contributed by atoms with Crippen LogP contribution in [-0.2, 0) is 0 Å². The highest BCUT2D eigenvalue weighted by Gasteiger charge is 2.16. The van der Waals surface area contributed by atoms with Crippen molar-refractivity contribution in [3.8, 4) is 6.07 Å². The number of nitrogen functional groups attached to an aromatic ring is 1. The molecule has 1 aromatic heterocycles. The largest absolute Gasteiger partial charge is 0.397 e. The van der Waals surface area contributed by atoms with Crippen molar-refractivity contribution in [2.75, 3.05) is 11.5 Å². The Morgan fingerprint density at radius 2 is 2.25 bits per heavy atom. The number of hydrogen-bond donors (Lipinski definition) is 1. The van der Waals surface area contributed by atoms with Gasteiger partial charge in [-0.15, -0.1) is 11.8 Å². The van der Waals surface area contributed by atoms with Gasteiger partial charge in [0.15, 0.2) is 0 Å². The number of nitrogens with zero attached hydrogens (tertiary/aromatic N) is 2. The van der Waals surface area contributed by atoms with Crippen LogP contribution in [0.25, 0.3) is 0 Å². The quantitative estimate of drug-likeness (QED) is 0.815. The number of rotatable bonds is 3. The SMILES string of the molecule is N#Cc1cnc(SCC2CCCC2)c(N)c1. The summed E-state index contributed by atoms with van der Waals surface area (Å²) < 4.78 is 0. The number of nitrogens with two attached hydrogens (primary N) is 1. The monoisotopic (exact) mass is 233 g/mol. The summed E-state index contributed by atoms with van der Waals surface area (Å²) in [6.45, 7) is 0. The lowest BCUT2D eigenvalue weighted by Crippen LogP contribution is -1.99. The van der Waals surface area contributed by atoms with Crippen molar-refractivity contribution in [1.82, 2.24) is 4.98 Å². The summed E-state index contributed by atoms with van der Waals surface area (Å²) in [5.74, 6) is 1.92. The normalized spacial score (nSPS) is 16.2. The number of pyridine rings is 1. The average molecular weight is 233 g/mol. The molecule has 0 aromatic carbocycles. The molecule has 1 aliphatic rings. The van der Waals surface area contributed by atoms with E-state index in [2.05, 4.69) is 4.98 Å².